The van der Waals surface area contributed by atoms with E-state index in [1.807, 2.05) is 54.9 Å². The van der Waals surface area contributed by atoms with Crippen molar-refractivity contribution >= 4 is 33.4 Å². The van der Waals surface area contributed by atoms with Gasteiger partial charge in [0.15, 0.2) is 12.0 Å². The smallest absolute Gasteiger partial charge is 0.164 e. The minimum atomic E-state index is -0.714. The number of hydrogen-bond acceptors (Lipinski definition) is 6. The molecule has 0 radical (unpaired) electrons. The lowest BCUT2D eigenvalue weighted by Gasteiger charge is -2.25. The Labute approximate surface area is 189 Å². The number of benzene rings is 2. The highest BCUT2D eigenvalue weighted by molar-refractivity contribution is 6.33. The van der Waals surface area contributed by atoms with Gasteiger partial charge in [0, 0.05) is 6.20 Å². The minimum absolute atomic E-state index is 0.273. The van der Waals surface area contributed by atoms with E-state index in [4.69, 9.17) is 30.5 Å². The van der Waals surface area contributed by atoms with E-state index < -0.39 is 12.0 Å². The van der Waals surface area contributed by atoms with Gasteiger partial charge in [0.1, 0.15) is 47.8 Å². The first-order valence-electron chi connectivity index (χ1n) is 10.6. The largest absolute Gasteiger partial charge is 0.491 e. The molecule has 4 aromatic rings. The van der Waals surface area contributed by atoms with Gasteiger partial charge in [-0.1, -0.05) is 41.9 Å². The predicted molar refractivity (Wildman–Crippen MR) is 120 cm³/mol. The SMILES string of the molecule is CC1(C)O[C@@H]2[C@H](O1)[C@@H](COc1ccc3ccccc3c1)O[C@H]2n1ccc2c(Cl)ncnc21. The van der Waals surface area contributed by atoms with Crippen LogP contribution in [0.25, 0.3) is 21.8 Å². The van der Waals surface area contributed by atoms with Crippen molar-refractivity contribution in [2.45, 2.75) is 44.2 Å². The Morgan fingerprint density at radius 3 is 2.72 bits per heavy atom. The van der Waals surface area contributed by atoms with Gasteiger partial charge in [-0.25, -0.2) is 9.97 Å². The lowest BCUT2D eigenvalue weighted by molar-refractivity contribution is -0.198. The number of rotatable bonds is 4. The summed E-state index contributed by atoms with van der Waals surface area (Å²) in [4.78, 5) is 8.47. The Morgan fingerprint density at radius 1 is 1.03 bits per heavy atom. The molecule has 2 saturated heterocycles. The fourth-order valence-corrected chi connectivity index (χ4v) is 4.79. The van der Waals surface area contributed by atoms with Gasteiger partial charge in [-0.3, -0.25) is 0 Å². The first-order chi connectivity index (χ1) is 15.5. The third kappa shape index (κ3) is 3.33. The van der Waals surface area contributed by atoms with E-state index in [0.717, 1.165) is 16.5 Å². The van der Waals surface area contributed by atoms with Crippen molar-refractivity contribution in [3.8, 4) is 5.75 Å². The Bertz CT molecular complexity index is 1310. The second-order valence-electron chi connectivity index (χ2n) is 8.57. The fraction of sp³-hybridized carbons (Fsp3) is 0.333. The molecule has 2 fully saturated rings. The topological polar surface area (TPSA) is 67.6 Å². The maximum absolute atomic E-state index is 6.41. The summed E-state index contributed by atoms with van der Waals surface area (Å²) in [6.45, 7) is 4.16. The molecule has 164 valence electrons. The van der Waals surface area contributed by atoms with Crippen LogP contribution in [0.15, 0.2) is 61.1 Å². The van der Waals surface area contributed by atoms with Crippen LogP contribution in [0.3, 0.4) is 0 Å². The summed E-state index contributed by atoms with van der Waals surface area (Å²) < 4.78 is 26.9. The van der Waals surface area contributed by atoms with Crippen LogP contribution in [-0.2, 0) is 14.2 Å². The van der Waals surface area contributed by atoms with Gasteiger partial charge in [0.25, 0.3) is 0 Å². The molecule has 2 aromatic heterocycles. The first kappa shape index (κ1) is 19.9. The van der Waals surface area contributed by atoms with Crippen molar-refractivity contribution in [1.82, 2.24) is 14.5 Å². The van der Waals surface area contributed by atoms with Crippen molar-refractivity contribution in [3.63, 3.8) is 0 Å². The molecule has 0 aliphatic carbocycles. The summed E-state index contributed by atoms with van der Waals surface area (Å²) in [6, 6.07) is 16.1. The minimum Gasteiger partial charge on any atom is -0.491 e. The summed E-state index contributed by atoms with van der Waals surface area (Å²) in [5, 5.41) is 3.48. The van der Waals surface area contributed by atoms with E-state index in [2.05, 4.69) is 28.2 Å². The average Bonchev–Trinajstić information content (AvgIpc) is 3.44. The molecule has 2 aliphatic rings. The van der Waals surface area contributed by atoms with Crippen LogP contribution in [0, 0.1) is 0 Å². The van der Waals surface area contributed by atoms with Crippen LogP contribution in [0.1, 0.15) is 20.1 Å². The molecule has 4 atom stereocenters. The molecule has 6 rings (SSSR count). The Morgan fingerprint density at radius 2 is 1.84 bits per heavy atom. The van der Waals surface area contributed by atoms with E-state index in [1.54, 1.807) is 0 Å². The highest BCUT2D eigenvalue weighted by Crippen LogP contribution is 2.44. The maximum Gasteiger partial charge on any atom is 0.164 e. The lowest BCUT2D eigenvalue weighted by atomic mass is 10.1. The van der Waals surface area contributed by atoms with Gasteiger partial charge < -0.3 is 23.5 Å². The van der Waals surface area contributed by atoms with Gasteiger partial charge in [0.2, 0.25) is 0 Å². The zero-order valence-corrected chi connectivity index (χ0v) is 18.4. The molecule has 0 spiro atoms. The van der Waals surface area contributed by atoms with Crippen LogP contribution < -0.4 is 4.74 Å². The van der Waals surface area contributed by atoms with E-state index in [-0.39, 0.29) is 18.3 Å². The predicted octanol–water partition coefficient (Wildman–Crippen LogP) is 4.73. The second-order valence-corrected chi connectivity index (χ2v) is 8.93. The maximum atomic E-state index is 6.41. The number of nitrogens with zero attached hydrogens (tertiary/aromatic N) is 3. The molecule has 0 unspecified atom stereocenters. The Hall–Kier alpha value is -2.71. The molecule has 4 heterocycles. The molecule has 2 aliphatic heterocycles. The van der Waals surface area contributed by atoms with Gasteiger partial charge in [-0.2, -0.15) is 0 Å². The van der Waals surface area contributed by atoms with Gasteiger partial charge in [-0.15, -0.1) is 0 Å². The number of fused-ring (bicyclic) bond motifs is 3. The molecule has 0 N–H and O–H groups in total. The summed E-state index contributed by atoms with van der Waals surface area (Å²) in [7, 11) is 0. The molecule has 2 aromatic carbocycles. The number of hydrogen-bond donors (Lipinski definition) is 0. The third-order valence-corrected chi connectivity index (χ3v) is 6.30. The van der Waals surface area contributed by atoms with Gasteiger partial charge >= 0.3 is 0 Å². The zero-order chi connectivity index (χ0) is 21.9. The number of ether oxygens (including phenoxy) is 4. The zero-order valence-electron chi connectivity index (χ0n) is 17.6. The summed E-state index contributed by atoms with van der Waals surface area (Å²) in [5.74, 6) is 0.0742. The van der Waals surface area contributed by atoms with E-state index in [0.29, 0.717) is 17.4 Å². The molecule has 7 nitrogen and oxygen atoms in total. The standard InChI is InChI=1S/C24H22ClN3O4/c1-24(2)31-19-18(12-29-16-8-7-14-5-3-4-6-15(14)11-16)30-23(20(19)32-24)28-10-9-17-21(25)26-13-27-22(17)28/h3-11,13,18-20,23H,12H2,1-2H3/t18-,19-,20-,23-/m1/s1. The van der Waals surface area contributed by atoms with Crippen LogP contribution in [-0.4, -0.2) is 45.2 Å². The van der Waals surface area contributed by atoms with Crippen molar-refractivity contribution < 1.29 is 18.9 Å². The molecule has 32 heavy (non-hydrogen) atoms. The molecule has 8 heteroatoms. The van der Waals surface area contributed by atoms with Crippen LogP contribution in [0.5, 0.6) is 5.75 Å². The van der Waals surface area contributed by atoms with E-state index in [9.17, 15) is 0 Å². The molecule has 0 amide bonds. The van der Waals surface area contributed by atoms with E-state index >= 15 is 0 Å². The quantitative estimate of drug-likeness (QED) is 0.418. The second kappa shape index (κ2) is 7.42. The normalized spacial score (nSPS) is 26.6. The number of halogens is 1. The fourth-order valence-electron chi connectivity index (χ4n) is 4.60. The third-order valence-electron chi connectivity index (χ3n) is 6.00. The van der Waals surface area contributed by atoms with Crippen molar-refractivity contribution in [1.29, 1.82) is 0 Å². The molecular weight excluding hydrogens is 430 g/mol. The summed E-state index contributed by atoms with van der Waals surface area (Å²) >= 11 is 6.24. The van der Waals surface area contributed by atoms with Crippen molar-refractivity contribution in [3.05, 3.63) is 66.2 Å². The number of aromatic nitrogens is 3. The van der Waals surface area contributed by atoms with Crippen molar-refractivity contribution in [2.24, 2.45) is 0 Å². The molecule has 0 bridgehead atoms. The lowest BCUT2D eigenvalue weighted by Crippen LogP contribution is -2.33. The van der Waals surface area contributed by atoms with Gasteiger partial charge in [-0.05, 0) is 42.8 Å². The average molecular weight is 452 g/mol. The Kier molecular flexibility index (Phi) is 4.62. The van der Waals surface area contributed by atoms with Crippen LogP contribution >= 0.6 is 11.6 Å². The van der Waals surface area contributed by atoms with E-state index in [1.165, 1.54) is 11.7 Å². The first-order valence-corrected chi connectivity index (χ1v) is 11.0. The van der Waals surface area contributed by atoms with Gasteiger partial charge in [0.05, 0.1) is 5.39 Å². The molecule has 0 saturated carbocycles. The summed E-state index contributed by atoms with van der Waals surface area (Å²) in [6.07, 6.45) is 2.03. The van der Waals surface area contributed by atoms with Crippen LogP contribution in [0.2, 0.25) is 5.15 Å². The monoisotopic (exact) mass is 451 g/mol. The molecular formula is C24H22ClN3O4. The highest BCUT2D eigenvalue weighted by atomic mass is 35.5. The Balaban J connectivity index is 1.28. The van der Waals surface area contributed by atoms with Crippen LogP contribution in [0.4, 0.5) is 0 Å². The summed E-state index contributed by atoms with van der Waals surface area (Å²) in [5.41, 5.74) is 0.693. The van der Waals surface area contributed by atoms with Crippen molar-refractivity contribution in [2.75, 3.05) is 6.61 Å². The highest BCUT2D eigenvalue weighted by Gasteiger charge is 2.56.